The number of halogens is 2. The van der Waals surface area contributed by atoms with Gasteiger partial charge in [0.2, 0.25) is 0 Å². The number of pyridine rings is 1. The topological polar surface area (TPSA) is 50.9 Å². The van der Waals surface area contributed by atoms with Crippen molar-refractivity contribution in [3.8, 4) is 0 Å². The molecule has 0 saturated carbocycles. The predicted molar refractivity (Wildman–Crippen MR) is 78.8 cm³/mol. The van der Waals surface area contributed by atoms with Crippen LogP contribution in [-0.2, 0) is 12.8 Å². The highest BCUT2D eigenvalue weighted by Crippen LogP contribution is 2.21. The predicted octanol–water partition coefficient (Wildman–Crippen LogP) is 2.88. The molecule has 0 saturated heterocycles. The zero-order chi connectivity index (χ0) is 14.4. The maximum atomic E-state index is 13.4. The summed E-state index contributed by atoms with van der Waals surface area (Å²) < 4.78 is 13.4. The first-order valence-electron chi connectivity index (χ1n) is 6.49. The van der Waals surface area contributed by atoms with Crippen LogP contribution in [0.1, 0.15) is 17.7 Å². The minimum Gasteiger partial charge on any atom is -0.271 e. The van der Waals surface area contributed by atoms with Crippen LogP contribution in [0.4, 0.5) is 4.39 Å². The first-order valence-corrected chi connectivity index (χ1v) is 6.87. The molecule has 106 valence electrons. The third-order valence-electron chi connectivity index (χ3n) is 3.21. The fourth-order valence-corrected chi connectivity index (χ4v) is 2.29. The Hall–Kier alpha value is -1.49. The molecule has 20 heavy (non-hydrogen) atoms. The van der Waals surface area contributed by atoms with E-state index in [2.05, 4.69) is 10.4 Å². The van der Waals surface area contributed by atoms with Crippen molar-refractivity contribution in [2.24, 2.45) is 5.84 Å². The van der Waals surface area contributed by atoms with Crippen molar-refractivity contribution in [3.63, 3.8) is 0 Å². The van der Waals surface area contributed by atoms with Gasteiger partial charge in [-0.25, -0.2) is 4.39 Å². The molecule has 0 aliphatic heterocycles. The van der Waals surface area contributed by atoms with E-state index in [4.69, 9.17) is 17.4 Å². The number of aromatic nitrogens is 1. The second-order valence-electron chi connectivity index (χ2n) is 4.64. The van der Waals surface area contributed by atoms with E-state index in [1.54, 1.807) is 12.3 Å². The van der Waals surface area contributed by atoms with Crippen LogP contribution >= 0.6 is 11.6 Å². The van der Waals surface area contributed by atoms with Gasteiger partial charge in [-0.1, -0.05) is 29.8 Å². The van der Waals surface area contributed by atoms with Crippen molar-refractivity contribution in [3.05, 3.63) is 64.7 Å². The van der Waals surface area contributed by atoms with Gasteiger partial charge in [0.15, 0.2) is 0 Å². The smallest absolute Gasteiger partial charge is 0.142 e. The lowest BCUT2D eigenvalue weighted by molar-refractivity contribution is 0.488. The van der Waals surface area contributed by atoms with Crippen molar-refractivity contribution < 1.29 is 4.39 Å². The highest BCUT2D eigenvalue weighted by atomic mass is 35.5. The lowest BCUT2D eigenvalue weighted by atomic mass is 10.0. The molecule has 1 unspecified atom stereocenters. The minimum absolute atomic E-state index is 0.0244. The highest BCUT2D eigenvalue weighted by molar-refractivity contribution is 6.31. The number of hydrazine groups is 1. The molecule has 5 heteroatoms. The van der Waals surface area contributed by atoms with Crippen LogP contribution in [0, 0.1) is 5.82 Å². The van der Waals surface area contributed by atoms with Crippen LogP contribution in [0.3, 0.4) is 0 Å². The Balaban J connectivity index is 1.97. The summed E-state index contributed by atoms with van der Waals surface area (Å²) in [5.74, 6) is 5.17. The van der Waals surface area contributed by atoms with Gasteiger partial charge in [-0.15, -0.1) is 0 Å². The Labute approximate surface area is 122 Å². The monoisotopic (exact) mass is 293 g/mol. The minimum atomic E-state index is -0.398. The molecule has 0 spiro atoms. The van der Waals surface area contributed by atoms with Gasteiger partial charge < -0.3 is 0 Å². The molecule has 0 aliphatic carbocycles. The highest BCUT2D eigenvalue weighted by Gasteiger charge is 2.12. The Morgan fingerprint density at radius 1 is 1.25 bits per heavy atom. The van der Waals surface area contributed by atoms with Gasteiger partial charge in [0.1, 0.15) is 5.82 Å². The molecule has 1 atom stereocenters. The molecule has 0 bridgehead atoms. The lowest BCUT2D eigenvalue weighted by Crippen LogP contribution is -2.37. The fourth-order valence-electron chi connectivity index (χ4n) is 2.08. The number of nitrogens with zero attached hydrogens (tertiary/aromatic N) is 1. The summed E-state index contributed by atoms with van der Waals surface area (Å²) in [7, 11) is 0. The van der Waals surface area contributed by atoms with Crippen molar-refractivity contribution >= 4 is 11.6 Å². The van der Waals surface area contributed by atoms with Crippen molar-refractivity contribution in [2.45, 2.75) is 25.3 Å². The Morgan fingerprint density at radius 2 is 2.10 bits per heavy atom. The SMILES string of the molecule is NNC(CCc1ccccn1)Cc1cccc(F)c1Cl. The summed E-state index contributed by atoms with van der Waals surface area (Å²) in [5, 5.41) is 0.172. The van der Waals surface area contributed by atoms with Gasteiger partial charge in [0.05, 0.1) is 5.02 Å². The van der Waals surface area contributed by atoms with Crippen LogP contribution in [-0.4, -0.2) is 11.0 Å². The number of benzene rings is 1. The molecule has 1 aromatic carbocycles. The molecule has 3 N–H and O–H groups in total. The van der Waals surface area contributed by atoms with Gasteiger partial charge in [-0.3, -0.25) is 16.3 Å². The maximum absolute atomic E-state index is 13.4. The third kappa shape index (κ3) is 4.00. The zero-order valence-corrected chi connectivity index (χ0v) is 11.8. The van der Waals surface area contributed by atoms with Gasteiger partial charge in [0.25, 0.3) is 0 Å². The van der Waals surface area contributed by atoms with E-state index < -0.39 is 5.82 Å². The summed E-state index contributed by atoms with van der Waals surface area (Å²) in [6, 6.07) is 10.7. The number of nitrogens with two attached hydrogens (primary N) is 1. The van der Waals surface area contributed by atoms with E-state index in [0.29, 0.717) is 6.42 Å². The summed E-state index contributed by atoms with van der Waals surface area (Å²) in [4.78, 5) is 4.27. The van der Waals surface area contributed by atoms with E-state index in [-0.39, 0.29) is 11.1 Å². The molecule has 3 nitrogen and oxygen atoms in total. The summed E-state index contributed by atoms with van der Waals surface area (Å²) in [5.41, 5.74) is 4.53. The van der Waals surface area contributed by atoms with E-state index in [1.165, 1.54) is 6.07 Å². The number of rotatable bonds is 6. The van der Waals surface area contributed by atoms with E-state index in [1.807, 2.05) is 24.3 Å². The molecule has 2 aromatic rings. The van der Waals surface area contributed by atoms with E-state index >= 15 is 0 Å². The molecular weight excluding hydrogens is 277 g/mol. The van der Waals surface area contributed by atoms with Crippen LogP contribution in [0.5, 0.6) is 0 Å². The number of hydrogen-bond donors (Lipinski definition) is 2. The van der Waals surface area contributed by atoms with Crippen LogP contribution < -0.4 is 11.3 Å². The van der Waals surface area contributed by atoms with Gasteiger partial charge >= 0.3 is 0 Å². The molecule has 0 radical (unpaired) electrons. The van der Waals surface area contributed by atoms with Crippen LogP contribution in [0.2, 0.25) is 5.02 Å². The second-order valence-corrected chi connectivity index (χ2v) is 5.02. The van der Waals surface area contributed by atoms with Crippen molar-refractivity contribution in [1.29, 1.82) is 0 Å². The molecule has 1 aromatic heterocycles. The average Bonchev–Trinajstić information content (AvgIpc) is 2.49. The number of hydrogen-bond acceptors (Lipinski definition) is 3. The first-order chi connectivity index (χ1) is 9.70. The number of nitrogens with one attached hydrogen (secondary N) is 1. The maximum Gasteiger partial charge on any atom is 0.142 e. The molecule has 0 fully saturated rings. The Bertz CT molecular complexity index is 548. The molecule has 0 aliphatic rings. The largest absolute Gasteiger partial charge is 0.271 e. The van der Waals surface area contributed by atoms with Crippen molar-refractivity contribution in [1.82, 2.24) is 10.4 Å². The van der Waals surface area contributed by atoms with Gasteiger partial charge in [-0.05, 0) is 43.0 Å². The van der Waals surface area contributed by atoms with E-state index in [9.17, 15) is 4.39 Å². The van der Waals surface area contributed by atoms with Crippen LogP contribution in [0.15, 0.2) is 42.6 Å². The fraction of sp³-hybridized carbons (Fsp3) is 0.267. The van der Waals surface area contributed by atoms with Gasteiger partial charge in [0, 0.05) is 17.9 Å². The van der Waals surface area contributed by atoms with Crippen LogP contribution in [0.25, 0.3) is 0 Å². The summed E-state index contributed by atoms with van der Waals surface area (Å²) in [6.07, 6.45) is 3.96. The summed E-state index contributed by atoms with van der Waals surface area (Å²) in [6.45, 7) is 0. The molecule has 1 heterocycles. The van der Waals surface area contributed by atoms with Gasteiger partial charge in [-0.2, -0.15) is 0 Å². The lowest BCUT2D eigenvalue weighted by Gasteiger charge is -2.16. The van der Waals surface area contributed by atoms with E-state index in [0.717, 1.165) is 24.1 Å². The second kappa shape index (κ2) is 7.33. The molecular formula is C15H17ClFN3. The molecule has 0 amide bonds. The Morgan fingerprint density at radius 3 is 2.80 bits per heavy atom. The quantitative estimate of drug-likeness (QED) is 0.636. The molecule has 2 rings (SSSR count). The standard InChI is InChI=1S/C15H17ClFN3/c16-15-11(4-3-6-14(15)17)10-13(20-18)8-7-12-5-1-2-9-19-12/h1-6,9,13,20H,7-8,10,18H2. The zero-order valence-electron chi connectivity index (χ0n) is 11.0. The number of aryl methyl sites for hydroxylation is 1. The first kappa shape index (κ1) is 14.9. The Kier molecular flexibility index (Phi) is 5.47. The average molecular weight is 294 g/mol. The summed E-state index contributed by atoms with van der Waals surface area (Å²) >= 11 is 5.96. The van der Waals surface area contributed by atoms with Crippen molar-refractivity contribution in [2.75, 3.05) is 0 Å². The third-order valence-corrected chi connectivity index (χ3v) is 3.63. The normalized spacial score (nSPS) is 12.3.